The van der Waals surface area contributed by atoms with Crippen LogP contribution in [0.5, 0.6) is 0 Å². The Balaban J connectivity index is 2.95. The van der Waals surface area contributed by atoms with Crippen LogP contribution in [0.15, 0.2) is 24.3 Å². The number of carbonyl (C=O) groups is 7. The van der Waals surface area contributed by atoms with Crippen molar-refractivity contribution in [2.75, 3.05) is 19.0 Å². The highest BCUT2D eigenvalue weighted by atomic mass is 28.4. The molecule has 1 N–H and O–H groups in total. The van der Waals surface area contributed by atoms with Gasteiger partial charge in [-0.1, -0.05) is 45.4 Å². The summed E-state index contributed by atoms with van der Waals surface area (Å²) in [5.74, 6) is -4.08. The second-order valence-electron chi connectivity index (χ2n) is 20.8. The average Bonchev–Trinajstić information content (AvgIpc) is 3.22. The monoisotopic (exact) mass is 935 g/mol. The number of ether oxygens (including phenoxy) is 6. The Hall–Kier alpha value is -4.35. The quantitative estimate of drug-likeness (QED) is 0.0410. The van der Waals surface area contributed by atoms with Gasteiger partial charge in [0.25, 0.3) is 0 Å². The molecule has 0 bridgehead atoms. The van der Waals surface area contributed by atoms with Crippen LogP contribution in [0.4, 0.5) is 5.69 Å². The van der Waals surface area contributed by atoms with Crippen molar-refractivity contribution in [1.82, 2.24) is 4.90 Å². The average molecular weight is 935 g/mol. The highest BCUT2D eigenvalue weighted by Crippen LogP contribution is 2.36. The van der Waals surface area contributed by atoms with E-state index in [4.69, 9.17) is 32.8 Å². The van der Waals surface area contributed by atoms with E-state index in [-0.39, 0.29) is 32.3 Å². The summed E-state index contributed by atoms with van der Waals surface area (Å²) >= 11 is 0. The van der Waals surface area contributed by atoms with E-state index in [1.165, 1.54) is 7.11 Å². The summed E-state index contributed by atoms with van der Waals surface area (Å²) in [5, 5.41) is 3.00. The Labute approximate surface area is 387 Å². The molecule has 1 aliphatic rings. The molecule has 0 unspecified atom stereocenters. The zero-order valence-corrected chi connectivity index (χ0v) is 42.9. The minimum atomic E-state index is -2.05. The molecule has 1 aliphatic heterocycles. The Kier molecular flexibility index (Phi) is 20.9. The predicted molar refractivity (Wildman–Crippen MR) is 246 cm³/mol. The molecule has 6 atom stereocenters. The van der Waals surface area contributed by atoms with Gasteiger partial charge in [0.15, 0.2) is 32.9 Å². The van der Waals surface area contributed by atoms with E-state index in [1.54, 1.807) is 95.2 Å². The van der Waals surface area contributed by atoms with Crippen molar-refractivity contribution in [3.63, 3.8) is 0 Å². The van der Waals surface area contributed by atoms with Crippen LogP contribution in [0, 0.1) is 21.7 Å². The van der Waals surface area contributed by atoms with Crippen molar-refractivity contribution in [3.05, 3.63) is 29.8 Å². The molecule has 0 aliphatic carbocycles. The number of hydrogen-bond acceptors (Lipinski definition) is 14. The van der Waals surface area contributed by atoms with Crippen molar-refractivity contribution < 1.29 is 66.4 Å². The minimum absolute atomic E-state index is 0.0304. The van der Waals surface area contributed by atoms with Gasteiger partial charge in [0.05, 0.1) is 35.4 Å². The molecular formula is C48H78N2O14Si. The molecule has 2 rings (SSSR count). The maximum atomic E-state index is 14.8. The van der Waals surface area contributed by atoms with Gasteiger partial charge in [-0.05, 0) is 126 Å². The largest absolute Gasteiger partial charge is 0.469 e. The van der Waals surface area contributed by atoms with E-state index < -0.39 is 109 Å². The molecule has 368 valence electrons. The molecule has 1 aromatic carbocycles. The summed E-state index contributed by atoms with van der Waals surface area (Å²) in [6, 6.07) is 8.54. The zero-order chi connectivity index (χ0) is 49.7. The maximum Gasteiger partial charge on any atom is 0.311 e. The van der Waals surface area contributed by atoms with Crippen molar-refractivity contribution in [2.24, 2.45) is 21.7 Å². The van der Waals surface area contributed by atoms with Crippen LogP contribution in [0.25, 0.3) is 0 Å². The van der Waals surface area contributed by atoms with Crippen LogP contribution in [0.3, 0.4) is 0 Å². The number of methoxy groups -OCH3 is 1. The van der Waals surface area contributed by atoms with Gasteiger partial charge in [0.2, 0.25) is 12.3 Å². The molecule has 1 aromatic rings. The molecule has 1 saturated heterocycles. The highest BCUT2D eigenvalue weighted by Gasteiger charge is 2.57. The summed E-state index contributed by atoms with van der Waals surface area (Å²) in [6.07, 6.45) is -7.21. The number of hydrogen-bond donors (Lipinski definition) is 1. The number of nitrogens with one attached hydrogen (secondary N) is 1. The van der Waals surface area contributed by atoms with Gasteiger partial charge >= 0.3 is 29.8 Å². The molecule has 17 heteroatoms. The lowest BCUT2D eigenvalue weighted by molar-refractivity contribution is -0.282. The fourth-order valence-corrected chi connectivity index (χ4v) is 9.23. The lowest BCUT2D eigenvalue weighted by Crippen LogP contribution is -2.68. The van der Waals surface area contributed by atoms with Crippen LogP contribution in [0.1, 0.15) is 135 Å². The van der Waals surface area contributed by atoms with E-state index in [0.29, 0.717) is 17.7 Å². The first-order chi connectivity index (χ1) is 30.0. The molecule has 0 aromatic heterocycles. The maximum absolute atomic E-state index is 14.8. The fourth-order valence-electron chi connectivity index (χ4n) is 6.65. The van der Waals surface area contributed by atoms with Gasteiger partial charge in [0, 0.05) is 12.1 Å². The molecular weight excluding hydrogens is 857 g/mol. The van der Waals surface area contributed by atoms with Gasteiger partial charge in [-0.25, -0.2) is 0 Å². The molecule has 1 heterocycles. The molecule has 16 nitrogen and oxygen atoms in total. The number of benzene rings is 1. The summed E-state index contributed by atoms with van der Waals surface area (Å²) < 4.78 is 42.3. The van der Waals surface area contributed by atoms with Crippen LogP contribution in [0.2, 0.25) is 18.1 Å². The number of nitrogens with zero attached hydrogens (tertiary/aromatic N) is 1. The molecule has 0 spiro atoms. The van der Waals surface area contributed by atoms with E-state index in [0.717, 1.165) is 23.0 Å². The normalized spacial score (nSPS) is 19.8. The first-order valence-electron chi connectivity index (χ1n) is 22.8. The lowest BCUT2D eigenvalue weighted by Gasteiger charge is -2.49. The fraction of sp³-hybridized carbons (Fsp3) is 0.729. The van der Waals surface area contributed by atoms with E-state index in [2.05, 4.69) is 26.1 Å². The predicted octanol–water partition coefficient (Wildman–Crippen LogP) is 7.90. The summed E-state index contributed by atoms with van der Waals surface area (Å²) in [6.45, 7) is 25.4. The van der Waals surface area contributed by atoms with Gasteiger partial charge < -0.3 is 43.1 Å². The zero-order valence-electron chi connectivity index (χ0n) is 41.9. The standard InChI is InChI=1S/C48H78N2O14Si/c1-17-65(18-2,19-3)60-28-31-24-20-21-25-32(31)49-39(53)33(26-22-23-27-35(52)58-16)50(30-51)40-38(64-44(57)48(13,14)15)37(63-43(56)47(10,11)12)36(62-42(55)46(7,8)9)34(61-40)29-59-41(54)45(4,5)6/h20-21,24-25,30,33-34,36-38,40H,17-19,22-23,26-29H2,1-16H3,(H,49,53)/t33-,34-,36+,37+,38-,40-/m1/s1. The summed E-state index contributed by atoms with van der Waals surface area (Å²) in [4.78, 5) is 96.6. The van der Waals surface area contributed by atoms with Crippen molar-refractivity contribution in [1.29, 1.82) is 0 Å². The molecule has 0 saturated carbocycles. The third-order valence-electron chi connectivity index (χ3n) is 11.3. The number of amides is 2. The Morgan fingerprint density at radius 1 is 0.723 bits per heavy atom. The Morgan fingerprint density at radius 2 is 1.22 bits per heavy atom. The van der Waals surface area contributed by atoms with Gasteiger partial charge in [0.1, 0.15) is 18.8 Å². The first-order valence-corrected chi connectivity index (χ1v) is 25.3. The number of unbranched alkanes of at least 4 members (excludes halogenated alkanes) is 1. The Morgan fingerprint density at radius 3 is 1.69 bits per heavy atom. The SMILES string of the molecule is CC[Si](CC)(CC)OCc1ccccc1NC(=O)[C@@H](CCCCC(=O)OC)N(C=O)[C@@H]1O[C@H](COC(=O)C(C)(C)C)[C@H](OC(=O)C(C)(C)C)[C@H](OC(=O)C(C)(C)C)[C@H]1OC(=O)C(C)(C)C. The second-order valence-corrected chi connectivity index (χ2v) is 25.6. The van der Waals surface area contributed by atoms with Crippen LogP contribution in [-0.4, -0.2) is 106 Å². The first kappa shape index (κ1) is 56.8. The van der Waals surface area contributed by atoms with Crippen molar-refractivity contribution >= 4 is 56.2 Å². The smallest absolute Gasteiger partial charge is 0.311 e. The highest BCUT2D eigenvalue weighted by molar-refractivity contribution is 6.73. The summed E-state index contributed by atoms with van der Waals surface area (Å²) in [7, 11) is -0.781. The Bertz CT molecular complexity index is 1780. The van der Waals surface area contributed by atoms with Crippen molar-refractivity contribution in [2.45, 2.75) is 191 Å². The molecule has 65 heavy (non-hydrogen) atoms. The van der Waals surface area contributed by atoms with Gasteiger partial charge in [-0.15, -0.1) is 0 Å². The number of anilines is 1. The number of carbonyl (C=O) groups excluding carboxylic acids is 7. The van der Waals surface area contributed by atoms with E-state index in [9.17, 15) is 33.6 Å². The van der Waals surface area contributed by atoms with E-state index >= 15 is 0 Å². The van der Waals surface area contributed by atoms with Crippen LogP contribution >= 0.6 is 0 Å². The van der Waals surface area contributed by atoms with Gasteiger partial charge in [-0.3, -0.25) is 33.6 Å². The van der Waals surface area contributed by atoms with Crippen LogP contribution < -0.4 is 5.32 Å². The summed E-state index contributed by atoms with van der Waals surface area (Å²) in [5.41, 5.74) is -3.24. The van der Waals surface area contributed by atoms with Crippen LogP contribution in [-0.2, 0) is 73.0 Å². The number of para-hydroxylation sites is 1. The third kappa shape index (κ3) is 16.5. The van der Waals surface area contributed by atoms with Gasteiger partial charge in [-0.2, -0.15) is 0 Å². The third-order valence-corrected chi connectivity index (χ3v) is 15.9. The molecule has 0 radical (unpaired) electrons. The molecule has 2 amide bonds. The molecule has 1 fully saturated rings. The topological polar surface area (TPSA) is 199 Å². The second kappa shape index (κ2) is 23.9. The van der Waals surface area contributed by atoms with Crippen molar-refractivity contribution in [3.8, 4) is 0 Å². The number of esters is 5. The van der Waals surface area contributed by atoms with E-state index in [1.807, 2.05) is 12.1 Å². The minimum Gasteiger partial charge on any atom is -0.469 e. The number of rotatable bonds is 21. The lowest BCUT2D eigenvalue weighted by atomic mass is 9.91.